The van der Waals surface area contributed by atoms with E-state index in [1.54, 1.807) is 0 Å². The maximum Gasteiger partial charge on any atom is 0.303 e. The number of anilines is 2. The minimum Gasteiger partial charge on any atom is -0.481 e. The van der Waals surface area contributed by atoms with Crippen LogP contribution in [0.2, 0.25) is 0 Å². The van der Waals surface area contributed by atoms with Crippen LogP contribution in [0.15, 0.2) is 48.5 Å². The summed E-state index contributed by atoms with van der Waals surface area (Å²) in [4.78, 5) is 27.2. The van der Waals surface area contributed by atoms with Crippen molar-refractivity contribution in [3.05, 3.63) is 81.9 Å². The molecule has 3 aromatic rings. The number of ether oxygens (including phenoxy) is 1. The molecule has 0 atom stereocenters. The van der Waals surface area contributed by atoms with E-state index in [0.29, 0.717) is 30.0 Å². The Labute approximate surface area is 217 Å². The topological polar surface area (TPSA) is 90.9 Å². The molecule has 0 unspecified atom stereocenters. The van der Waals surface area contributed by atoms with Gasteiger partial charge in [0, 0.05) is 66.3 Å². The Morgan fingerprint density at radius 3 is 2.03 bits per heavy atom. The molecule has 7 heteroatoms. The smallest absolute Gasteiger partial charge is 0.303 e. The third-order valence-corrected chi connectivity index (χ3v) is 7.36. The Morgan fingerprint density at radius 2 is 1.49 bits per heavy atom. The molecule has 3 aromatic carbocycles. The van der Waals surface area contributed by atoms with E-state index < -0.39 is 11.5 Å². The number of amides is 1. The van der Waals surface area contributed by atoms with E-state index >= 15 is 0 Å². The van der Waals surface area contributed by atoms with Crippen LogP contribution in [0, 0.1) is 13.8 Å². The molecule has 1 amide bonds. The van der Waals surface area contributed by atoms with Crippen LogP contribution in [0.3, 0.4) is 0 Å². The summed E-state index contributed by atoms with van der Waals surface area (Å²) in [6.07, 6.45) is 0.342. The molecule has 37 heavy (non-hydrogen) atoms. The zero-order valence-electron chi connectivity index (χ0n) is 21.8. The minimum atomic E-state index is -0.930. The number of aryl methyl sites for hydroxylation is 2. The molecule has 0 bridgehead atoms. The second-order valence-electron chi connectivity index (χ2n) is 9.70. The van der Waals surface area contributed by atoms with Crippen molar-refractivity contribution in [1.29, 1.82) is 0 Å². The van der Waals surface area contributed by atoms with Gasteiger partial charge < -0.3 is 25.4 Å². The fourth-order valence-corrected chi connectivity index (χ4v) is 5.80. The van der Waals surface area contributed by atoms with E-state index in [1.165, 1.54) is 0 Å². The van der Waals surface area contributed by atoms with Gasteiger partial charge in [-0.05, 0) is 69.0 Å². The van der Waals surface area contributed by atoms with E-state index in [-0.39, 0.29) is 12.3 Å². The molecule has 0 fully saturated rings. The molecular formula is C30H33N3O4. The van der Waals surface area contributed by atoms with Gasteiger partial charge in [-0.25, -0.2) is 0 Å². The Morgan fingerprint density at radius 1 is 0.919 bits per heavy atom. The number of fused-ring (bicyclic) bond motifs is 6. The normalized spacial score (nSPS) is 14.6. The molecular weight excluding hydrogens is 466 g/mol. The molecule has 0 saturated carbocycles. The van der Waals surface area contributed by atoms with Gasteiger partial charge in [0.25, 0.3) is 5.91 Å². The third kappa shape index (κ3) is 3.80. The van der Waals surface area contributed by atoms with E-state index in [1.807, 2.05) is 41.3 Å². The number of carbonyl (C=O) groups is 2. The average Bonchev–Trinajstić information content (AvgIpc) is 3.11. The summed E-state index contributed by atoms with van der Waals surface area (Å²) in [6.45, 7) is 10.1. The predicted octanol–water partition coefficient (Wildman–Crippen LogP) is 5.89. The number of carboxylic acids is 1. The van der Waals surface area contributed by atoms with Crippen LogP contribution in [-0.2, 0) is 10.3 Å². The lowest BCUT2D eigenvalue weighted by atomic mass is 9.73. The fourth-order valence-electron chi connectivity index (χ4n) is 5.80. The lowest BCUT2D eigenvalue weighted by molar-refractivity contribution is -0.137. The molecule has 1 spiro atoms. The van der Waals surface area contributed by atoms with Gasteiger partial charge in [-0.1, -0.05) is 18.2 Å². The van der Waals surface area contributed by atoms with E-state index in [2.05, 4.69) is 50.5 Å². The van der Waals surface area contributed by atoms with Crippen LogP contribution in [-0.4, -0.2) is 41.5 Å². The maximum atomic E-state index is 14.0. The molecule has 0 aromatic heterocycles. The zero-order valence-corrected chi connectivity index (χ0v) is 21.8. The quantitative estimate of drug-likeness (QED) is 0.358. The second kappa shape index (κ2) is 9.47. The Kier molecular flexibility index (Phi) is 6.31. The molecule has 0 saturated heterocycles. The summed E-state index contributed by atoms with van der Waals surface area (Å²) in [5.74, 6) is 0.408. The van der Waals surface area contributed by atoms with Crippen LogP contribution in [0.4, 0.5) is 11.4 Å². The first-order valence-corrected chi connectivity index (χ1v) is 12.9. The van der Waals surface area contributed by atoms with Gasteiger partial charge >= 0.3 is 5.97 Å². The molecule has 0 radical (unpaired) electrons. The fraction of sp³-hybridized carbons (Fsp3) is 0.333. The van der Waals surface area contributed by atoms with Crippen molar-refractivity contribution >= 4 is 23.3 Å². The lowest BCUT2D eigenvalue weighted by Gasteiger charge is -2.45. The largest absolute Gasteiger partial charge is 0.481 e. The molecule has 7 nitrogen and oxygen atoms in total. The van der Waals surface area contributed by atoms with Crippen molar-refractivity contribution in [3.63, 3.8) is 0 Å². The van der Waals surface area contributed by atoms with Crippen LogP contribution < -0.4 is 15.4 Å². The van der Waals surface area contributed by atoms with Crippen molar-refractivity contribution in [2.75, 3.05) is 30.3 Å². The number of carbonyl (C=O) groups excluding carboxylic acids is 1. The van der Waals surface area contributed by atoms with Gasteiger partial charge in [0.2, 0.25) is 0 Å². The average molecular weight is 500 g/mol. The monoisotopic (exact) mass is 499 g/mol. The predicted molar refractivity (Wildman–Crippen MR) is 145 cm³/mol. The van der Waals surface area contributed by atoms with E-state index in [4.69, 9.17) is 4.74 Å². The van der Waals surface area contributed by atoms with Crippen LogP contribution in [0.1, 0.15) is 64.9 Å². The number of nitrogens with zero attached hydrogens (tertiary/aromatic N) is 1. The standard InChI is InChI=1S/C30H33N3O4/c1-5-31-24-16-26-22(14-18(24)3)30(23-15-19(4)25(32-6-2)17-27(23)37-26)21-11-8-7-10-20(21)29(36)33(30)13-9-12-28(34)35/h7-8,10-11,14-17,31-32H,5-6,9,12-13H2,1-4H3,(H,34,35). The summed E-state index contributed by atoms with van der Waals surface area (Å²) in [5, 5.41) is 16.2. The first kappa shape index (κ1) is 24.7. The summed E-state index contributed by atoms with van der Waals surface area (Å²) >= 11 is 0. The minimum absolute atomic E-state index is 0.0107. The Bertz CT molecular complexity index is 1340. The second-order valence-corrected chi connectivity index (χ2v) is 9.70. The zero-order chi connectivity index (χ0) is 26.3. The third-order valence-electron chi connectivity index (χ3n) is 7.36. The summed E-state index contributed by atoms with van der Waals surface area (Å²) in [6, 6.07) is 16.0. The van der Waals surface area contributed by atoms with Gasteiger partial charge in [0.15, 0.2) is 0 Å². The molecule has 0 aliphatic carbocycles. The maximum absolute atomic E-state index is 14.0. The van der Waals surface area contributed by atoms with Crippen LogP contribution >= 0.6 is 0 Å². The SMILES string of the molecule is CCNc1cc2c(cc1C)C1(c3cc(C)c(NCC)cc3O2)c2ccccc2C(=O)N1CCCC(=O)O. The molecule has 3 N–H and O–H groups in total. The van der Waals surface area contributed by atoms with Crippen molar-refractivity contribution in [1.82, 2.24) is 4.90 Å². The number of hydrogen-bond acceptors (Lipinski definition) is 5. The Balaban J connectivity index is 1.83. The molecule has 2 aliphatic heterocycles. The van der Waals surface area contributed by atoms with Crippen molar-refractivity contribution in [3.8, 4) is 11.5 Å². The van der Waals surface area contributed by atoms with Crippen molar-refractivity contribution in [2.24, 2.45) is 0 Å². The lowest BCUT2D eigenvalue weighted by Crippen LogP contribution is -2.48. The van der Waals surface area contributed by atoms with Gasteiger partial charge in [0.05, 0.1) is 0 Å². The summed E-state index contributed by atoms with van der Waals surface area (Å²) in [7, 11) is 0. The highest BCUT2D eigenvalue weighted by atomic mass is 16.5. The van der Waals surface area contributed by atoms with Crippen LogP contribution in [0.5, 0.6) is 11.5 Å². The van der Waals surface area contributed by atoms with E-state index in [9.17, 15) is 14.7 Å². The highest BCUT2D eigenvalue weighted by Gasteiger charge is 2.56. The Hall–Kier alpha value is -4.00. The first-order valence-electron chi connectivity index (χ1n) is 12.9. The summed E-state index contributed by atoms with van der Waals surface area (Å²) in [5.41, 5.74) is 6.45. The number of hydrogen-bond donors (Lipinski definition) is 3. The first-order chi connectivity index (χ1) is 17.8. The number of carboxylic acid groups (broad SMARTS) is 1. The van der Waals surface area contributed by atoms with Gasteiger partial charge in [-0.15, -0.1) is 0 Å². The van der Waals surface area contributed by atoms with E-state index in [0.717, 1.165) is 52.3 Å². The van der Waals surface area contributed by atoms with Crippen LogP contribution in [0.25, 0.3) is 0 Å². The number of nitrogens with one attached hydrogen (secondary N) is 2. The molecule has 192 valence electrons. The number of aliphatic carboxylic acids is 1. The molecule has 2 heterocycles. The highest BCUT2D eigenvalue weighted by molar-refractivity contribution is 6.02. The van der Waals surface area contributed by atoms with Gasteiger partial charge in [-0.3, -0.25) is 9.59 Å². The van der Waals surface area contributed by atoms with Crippen molar-refractivity contribution < 1.29 is 19.4 Å². The highest BCUT2D eigenvalue weighted by Crippen LogP contribution is 2.58. The number of rotatable bonds is 8. The van der Waals surface area contributed by atoms with Gasteiger partial charge in [-0.2, -0.15) is 0 Å². The number of benzene rings is 3. The van der Waals surface area contributed by atoms with Crippen molar-refractivity contribution in [2.45, 2.75) is 46.1 Å². The summed E-state index contributed by atoms with van der Waals surface area (Å²) < 4.78 is 6.58. The molecule has 2 aliphatic rings. The van der Waals surface area contributed by atoms with Gasteiger partial charge in [0.1, 0.15) is 17.0 Å². The molecule has 5 rings (SSSR count).